The van der Waals surface area contributed by atoms with Gasteiger partial charge in [0.05, 0.1) is 0 Å². The second-order valence-electron chi connectivity index (χ2n) is 6.66. The lowest BCUT2D eigenvalue weighted by Gasteiger charge is -2.57. The Balaban J connectivity index is 1.80. The van der Waals surface area contributed by atoms with E-state index in [-0.39, 0.29) is 0 Å². The first-order chi connectivity index (χ1) is 6.65. The average molecular weight is 212 g/mol. The highest BCUT2D eigenvalue weighted by Gasteiger charge is 2.50. The highest BCUT2D eigenvalue weighted by molar-refractivity contribution is 8.15. The quantitative estimate of drug-likeness (QED) is 0.666. The fourth-order valence-electron chi connectivity index (χ4n) is 5.15. The van der Waals surface area contributed by atoms with Crippen LogP contribution in [0.25, 0.3) is 0 Å². The van der Waals surface area contributed by atoms with E-state index >= 15 is 0 Å². The Morgan fingerprint density at radius 2 is 1.36 bits per heavy atom. The molecule has 4 bridgehead atoms. The molecule has 14 heavy (non-hydrogen) atoms. The summed E-state index contributed by atoms with van der Waals surface area (Å²) in [5.74, 6) is 5.04. The number of hydrogen-bond donors (Lipinski definition) is 1. The van der Waals surface area contributed by atoms with Crippen molar-refractivity contribution in [2.45, 2.75) is 38.5 Å². The second kappa shape index (κ2) is 3.17. The minimum absolute atomic E-state index is 0.339. The Kier molecular flexibility index (Phi) is 2.17. The minimum Gasteiger partial charge on any atom is -0.259 e. The van der Waals surface area contributed by atoms with Gasteiger partial charge in [-0.3, -0.25) is 10.9 Å². The molecule has 0 heterocycles. The zero-order valence-electron chi connectivity index (χ0n) is 9.63. The van der Waals surface area contributed by atoms with E-state index in [9.17, 15) is 0 Å². The van der Waals surface area contributed by atoms with E-state index in [1.807, 2.05) is 0 Å². The molecule has 0 aromatic heterocycles. The molecule has 0 aromatic carbocycles. The van der Waals surface area contributed by atoms with Gasteiger partial charge in [-0.1, -0.05) is 0 Å². The molecular formula is C13H24S. The van der Waals surface area contributed by atoms with Crippen molar-refractivity contribution in [1.82, 2.24) is 0 Å². The fourth-order valence-corrected chi connectivity index (χ4v) is 6.88. The van der Waals surface area contributed by atoms with Gasteiger partial charge in [0.2, 0.25) is 0 Å². The monoisotopic (exact) mass is 212 g/mol. The Hall–Kier alpha value is 0.350. The van der Waals surface area contributed by atoms with E-state index < -0.39 is 0 Å². The van der Waals surface area contributed by atoms with Crippen LogP contribution in [0.2, 0.25) is 0 Å². The molecule has 0 atom stereocenters. The van der Waals surface area contributed by atoms with Crippen molar-refractivity contribution in [3.8, 4) is 0 Å². The number of thiol groups is 1. The molecule has 4 saturated carbocycles. The van der Waals surface area contributed by atoms with E-state index in [0.717, 1.165) is 23.2 Å². The summed E-state index contributed by atoms with van der Waals surface area (Å²) in [6.07, 6.45) is 14.6. The zero-order chi connectivity index (χ0) is 9.76. The third kappa shape index (κ3) is 1.52. The highest BCUT2D eigenvalue weighted by atomic mass is 32.2. The smallest absolute Gasteiger partial charge is 0.0201 e. The average Bonchev–Trinajstić information content (AvgIpc) is 1.96. The summed E-state index contributed by atoms with van der Waals surface area (Å²) in [5.41, 5.74) is 0.851. The van der Waals surface area contributed by atoms with Gasteiger partial charge in [0.25, 0.3) is 0 Å². The topological polar surface area (TPSA) is 0 Å². The van der Waals surface area contributed by atoms with Crippen molar-refractivity contribution >= 4 is 10.9 Å². The van der Waals surface area contributed by atoms with Gasteiger partial charge in [0, 0.05) is 0 Å². The first-order valence-corrected chi connectivity index (χ1v) is 8.72. The molecule has 4 aliphatic carbocycles. The molecule has 82 valence electrons. The summed E-state index contributed by atoms with van der Waals surface area (Å²) in [6, 6.07) is 0. The van der Waals surface area contributed by atoms with E-state index in [1.165, 1.54) is 0 Å². The molecule has 4 fully saturated rings. The van der Waals surface area contributed by atoms with Gasteiger partial charge in [0.15, 0.2) is 0 Å². The van der Waals surface area contributed by atoms with Gasteiger partial charge >= 0.3 is 0 Å². The molecule has 4 aliphatic rings. The molecule has 1 heteroatoms. The van der Waals surface area contributed by atoms with E-state index in [1.54, 1.807) is 44.3 Å². The Bertz CT molecular complexity index is 190. The number of rotatable bonds is 2. The SMILES string of the molecule is C[SH](C)CC12CC3CC(CC(C3)C1)C2. The minimum atomic E-state index is 0.339. The van der Waals surface area contributed by atoms with Crippen LogP contribution in [-0.4, -0.2) is 18.3 Å². The van der Waals surface area contributed by atoms with E-state index in [2.05, 4.69) is 12.5 Å². The van der Waals surface area contributed by atoms with E-state index in [0.29, 0.717) is 10.9 Å². The molecule has 0 aromatic rings. The lowest BCUT2D eigenvalue weighted by Crippen LogP contribution is -2.47. The molecular weight excluding hydrogens is 188 g/mol. The maximum Gasteiger partial charge on any atom is -0.0201 e. The third-order valence-corrected chi connectivity index (χ3v) is 6.12. The molecule has 0 saturated heterocycles. The molecule has 0 unspecified atom stereocenters. The van der Waals surface area contributed by atoms with Crippen LogP contribution in [0.5, 0.6) is 0 Å². The van der Waals surface area contributed by atoms with Crippen LogP contribution in [0.3, 0.4) is 0 Å². The molecule has 4 rings (SSSR count). The first kappa shape index (κ1) is 9.57. The van der Waals surface area contributed by atoms with Crippen molar-refractivity contribution in [3.63, 3.8) is 0 Å². The van der Waals surface area contributed by atoms with Crippen molar-refractivity contribution in [2.75, 3.05) is 18.3 Å². The molecule has 0 spiro atoms. The third-order valence-electron chi connectivity index (χ3n) is 4.82. The second-order valence-corrected chi connectivity index (χ2v) is 9.13. The van der Waals surface area contributed by atoms with Crippen LogP contribution in [0, 0.1) is 23.2 Å². The summed E-state index contributed by atoms with van der Waals surface area (Å²) in [4.78, 5) is 0. The van der Waals surface area contributed by atoms with Crippen molar-refractivity contribution in [2.24, 2.45) is 23.2 Å². The van der Waals surface area contributed by atoms with Crippen LogP contribution < -0.4 is 0 Å². The van der Waals surface area contributed by atoms with Gasteiger partial charge in [-0.25, -0.2) is 0 Å². The molecule has 0 nitrogen and oxygen atoms in total. The highest BCUT2D eigenvalue weighted by Crippen LogP contribution is 2.61. The lowest BCUT2D eigenvalue weighted by molar-refractivity contribution is -0.0382. The first-order valence-electron chi connectivity index (χ1n) is 6.30. The van der Waals surface area contributed by atoms with Crippen molar-refractivity contribution in [3.05, 3.63) is 0 Å². The van der Waals surface area contributed by atoms with Crippen LogP contribution >= 0.6 is 10.9 Å². The van der Waals surface area contributed by atoms with Gasteiger partial charge in [-0.15, -0.1) is 0 Å². The maximum atomic E-state index is 2.48. The van der Waals surface area contributed by atoms with Crippen LogP contribution in [0.15, 0.2) is 0 Å². The van der Waals surface area contributed by atoms with Crippen LogP contribution in [0.4, 0.5) is 0 Å². The zero-order valence-corrected chi connectivity index (χ0v) is 10.5. The maximum absolute atomic E-state index is 2.48. The molecule has 0 radical (unpaired) electrons. The summed E-state index contributed by atoms with van der Waals surface area (Å²) in [6.45, 7) is 0. The summed E-state index contributed by atoms with van der Waals surface area (Å²) in [7, 11) is 0.339. The van der Waals surface area contributed by atoms with Gasteiger partial charge in [-0.05, 0) is 80.0 Å². The standard InChI is InChI=1S/C13H24S/c1-14(2)9-13-6-10-3-11(7-13)5-12(4-10)8-13/h10-12,14H,3-9H2,1-2H3. The van der Waals surface area contributed by atoms with Crippen molar-refractivity contribution < 1.29 is 0 Å². The van der Waals surface area contributed by atoms with E-state index in [4.69, 9.17) is 0 Å². The Morgan fingerprint density at radius 3 is 1.71 bits per heavy atom. The van der Waals surface area contributed by atoms with Gasteiger partial charge in [-0.2, -0.15) is 0 Å². The lowest BCUT2D eigenvalue weighted by atomic mass is 9.50. The summed E-state index contributed by atoms with van der Waals surface area (Å²) in [5, 5.41) is 0. The largest absolute Gasteiger partial charge is 0.259 e. The van der Waals surface area contributed by atoms with Gasteiger partial charge < -0.3 is 0 Å². The summed E-state index contributed by atoms with van der Waals surface area (Å²) >= 11 is 0. The normalized spacial score (nSPS) is 51.0. The fraction of sp³-hybridized carbons (Fsp3) is 1.00. The predicted molar refractivity (Wildman–Crippen MR) is 66.3 cm³/mol. The predicted octanol–water partition coefficient (Wildman–Crippen LogP) is 3.46. The Morgan fingerprint density at radius 1 is 0.929 bits per heavy atom. The van der Waals surface area contributed by atoms with Crippen LogP contribution in [-0.2, 0) is 0 Å². The van der Waals surface area contributed by atoms with Crippen molar-refractivity contribution in [1.29, 1.82) is 0 Å². The Labute approximate surface area is 91.2 Å². The van der Waals surface area contributed by atoms with Crippen LogP contribution in [0.1, 0.15) is 38.5 Å². The summed E-state index contributed by atoms with van der Waals surface area (Å²) < 4.78 is 0. The molecule has 0 aliphatic heterocycles. The molecule has 0 N–H and O–H groups in total. The molecule has 0 amide bonds. The van der Waals surface area contributed by atoms with Gasteiger partial charge in [0.1, 0.15) is 0 Å². The number of hydrogen-bond acceptors (Lipinski definition) is 0.